The fourth-order valence-electron chi connectivity index (χ4n) is 3.95. The summed E-state index contributed by atoms with van der Waals surface area (Å²) in [6, 6.07) is 5.87. The van der Waals surface area contributed by atoms with Gasteiger partial charge >= 0.3 is 5.97 Å². The minimum Gasteiger partial charge on any atom is -0.493 e. The lowest BCUT2D eigenvalue weighted by atomic mass is 9.90. The van der Waals surface area contributed by atoms with Gasteiger partial charge in [0.2, 0.25) is 0 Å². The first-order valence-electron chi connectivity index (χ1n) is 8.92. The number of halogens is 1. The molecular weight excluding hydrogens is 326 g/mol. The molecule has 1 atom stereocenters. The predicted octanol–water partition coefficient (Wildman–Crippen LogP) is 3.82. The number of hydrogen-bond acceptors (Lipinski definition) is 3. The molecule has 1 spiro atoms. The maximum Gasteiger partial charge on any atom is 0.307 e. The Balaban J connectivity index is 1.37. The Bertz CT molecular complexity index is 635. The summed E-state index contributed by atoms with van der Waals surface area (Å²) in [5, 5.41) is 9.94. The summed E-state index contributed by atoms with van der Waals surface area (Å²) in [6.07, 6.45) is 5.40. The van der Waals surface area contributed by atoms with Gasteiger partial charge < -0.3 is 9.84 Å². The minimum absolute atomic E-state index is 0.0853. The zero-order chi connectivity index (χ0) is 16.7. The summed E-state index contributed by atoms with van der Waals surface area (Å²) in [6.45, 7) is 3.54. The smallest absolute Gasteiger partial charge is 0.307 e. The van der Waals surface area contributed by atoms with Gasteiger partial charge in [0.25, 0.3) is 0 Å². The third kappa shape index (κ3) is 3.40. The number of benzene rings is 1. The maximum absolute atomic E-state index is 11.2. The second-order valence-corrected chi connectivity index (χ2v) is 8.18. The van der Waals surface area contributed by atoms with Crippen molar-refractivity contribution < 1.29 is 14.6 Å². The highest BCUT2D eigenvalue weighted by Gasteiger charge is 2.58. The zero-order valence-corrected chi connectivity index (χ0v) is 14.6. The monoisotopic (exact) mass is 349 g/mol. The molecule has 1 aliphatic heterocycles. The highest BCUT2D eigenvalue weighted by molar-refractivity contribution is 6.30. The van der Waals surface area contributed by atoms with Gasteiger partial charge in [-0.2, -0.15) is 0 Å². The molecule has 3 fully saturated rings. The van der Waals surface area contributed by atoms with E-state index in [4.69, 9.17) is 16.3 Å². The van der Waals surface area contributed by atoms with Gasteiger partial charge in [0.05, 0.1) is 12.5 Å². The van der Waals surface area contributed by atoms with Crippen LogP contribution in [-0.4, -0.2) is 35.7 Å². The second kappa shape index (κ2) is 6.23. The van der Waals surface area contributed by atoms with Crippen LogP contribution in [0.2, 0.25) is 5.02 Å². The van der Waals surface area contributed by atoms with E-state index in [2.05, 4.69) is 4.90 Å². The lowest BCUT2D eigenvalue weighted by Gasteiger charge is -2.33. The average molecular weight is 350 g/mol. The molecule has 1 aromatic carbocycles. The van der Waals surface area contributed by atoms with E-state index < -0.39 is 5.97 Å². The summed E-state index contributed by atoms with van der Waals surface area (Å²) in [5.41, 5.74) is 1.23. The quantitative estimate of drug-likeness (QED) is 0.848. The van der Waals surface area contributed by atoms with Crippen LogP contribution in [0.25, 0.3) is 0 Å². The summed E-state index contributed by atoms with van der Waals surface area (Å²) < 4.78 is 6.00. The normalized spacial score (nSPS) is 25.6. The largest absolute Gasteiger partial charge is 0.493 e. The zero-order valence-electron chi connectivity index (χ0n) is 13.8. The van der Waals surface area contributed by atoms with Gasteiger partial charge in [-0.05, 0) is 74.7 Å². The molecule has 0 bridgehead atoms. The summed E-state index contributed by atoms with van der Waals surface area (Å²) in [4.78, 5) is 13.6. The van der Waals surface area contributed by atoms with E-state index in [1.165, 1.54) is 12.8 Å². The number of piperidine rings is 1. The fourth-order valence-corrected chi connectivity index (χ4v) is 4.15. The fraction of sp³-hybridized carbons (Fsp3) is 0.632. The molecule has 24 heavy (non-hydrogen) atoms. The predicted molar refractivity (Wildman–Crippen MR) is 92.4 cm³/mol. The van der Waals surface area contributed by atoms with Crippen molar-refractivity contribution in [3.63, 3.8) is 0 Å². The molecule has 3 aliphatic rings. The molecule has 2 saturated carbocycles. The Morgan fingerprint density at radius 1 is 1.33 bits per heavy atom. The molecule has 4 rings (SSSR count). The molecule has 1 heterocycles. The van der Waals surface area contributed by atoms with Crippen LogP contribution in [0.1, 0.15) is 37.7 Å². The van der Waals surface area contributed by atoms with E-state index >= 15 is 0 Å². The van der Waals surface area contributed by atoms with Crippen molar-refractivity contribution in [3.05, 3.63) is 28.8 Å². The third-order valence-corrected chi connectivity index (χ3v) is 6.16. The van der Waals surface area contributed by atoms with Gasteiger partial charge in [-0.15, -0.1) is 0 Å². The number of carboxylic acids is 1. The van der Waals surface area contributed by atoms with Crippen LogP contribution in [0.15, 0.2) is 18.2 Å². The van der Waals surface area contributed by atoms with Crippen LogP contribution in [0.3, 0.4) is 0 Å². The number of likely N-dealkylation sites (tertiary alicyclic amines) is 1. The first-order chi connectivity index (χ1) is 11.6. The van der Waals surface area contributed by atoms with E-state index in [0.717, 1.165) is 67.8 Å². The molecule has 0 aromatic heterocycles. The molecule has 5 heteroatoms. The molecule has 4 nitrogen and oxygen atoms in total. The van der Waals surface area contributed by atoms with Crippen molar-refractivity contribution in [2.75, 3.05) is 19.7 Å². The van der Waals surface area contributed by atoms with Crippen LogP contribution in [0.5, 0.6) is 5.75 Å². The topological polar surface area (TPSA) is 49.8 Å². The van der Waals surface area contributed by atoms with Crippen molar-refractivity contribution in [1.29, 1.82) is 0 Å². The van der Waals surface area contributed by atoms with Gasteiger partial charge in [0.1, 0.15) is 5.75 Å². The molecule has 1 unspecified atom stereocenters. The molecule has 1 saturated heterocycles. The Hall–Kier alpha value is -1.26. The summed E-state index contributed by atoms with van der Waals surface area (Å²) in [5.74, 6) is 0.949. The van der Waals surface area contributed by atoms with Crippen LogP contribution >= 0.6 is 11.6 Å². The Labute approximate surface area is 147 Å². The lowest BCUT2D eigenvalue weighted by molar-refractivity contribution is -0.139. The molecule has 1 N–H and O–H groups in total. The standard InChI is InChI=1S/C19H24ClNO3/c20-15-3-4-17(24-12-13-1-2-13)14(9-15)11-21-7-5-19(6-8-21)10-16(19)18(22)23/h3-4,9,13,16H,1-2,5-8,10-12H2,(H,22,23). The van der Waals surface area contributed by atoms with Crippen molar-refractivity contribution in [2.24, 2.45) is 17.3 Å². The number of carbonyl (C=O) groups is 1. The molecular formula is C19H24ClNO3. The summed E-state index contributed by atoms with van der Waals surface area (Å²) >= 11 is 6.18. The van der Waals surface area contributed by atoms with Crippen molar-refractivity contribution in [1.82, 2.24) is 4.90 Å². The van der Waals surface area contributed by atoms with Crippen LogP contribution in [0, 0.1) is 17.3 Å². The highest BCUT2D eigenvalue weighted by Crippen LogP contribution is 2.59. The molecule has 1 aromatic rings. The first-order valence-corrected chi connectivity index (χ1v) is 9.30. The SMILES string of the molecule is O=C(O)C1CC12CCN(Cc1cc(Cl)ccc1OCC1CC1)CC2. The van der Waals surface area contributed by atoms with Crippen molar-refractivity contribution in [3.8, 4) is 5.75 Å². The Kier molecular flexibility index (Phi) is 4.21. The van der Waals surface area contributed by atoms with E-state index in [0.29, 0.717) is 0 Å². The maximum atomic E-state index is 11.2. The van der Waals surface area contributed by atoms with E-state index in [1.807, 2.05) is 18.2 Å². The lowest BCUT2D eigenvalue weighted by Crippen LogP contribution is -2.35. The van der Waals surface area contributed by atoms with Crippen molar-refractivity contribution >= 4 is 17.6 Å². The number of carboxylic acid groups (broad SMARTS) is 1. The van der Waals surface area contributed by atoms with Gasteiger partial charge in [0.15, 0.2) is 0 Å². The highest BCUT2D eigenvalue weighted by atomic mass is 35.5. The first kappa shape index (κ1) is 16.2. The van der Waals surface area contributed by atoms with Crippen LogP contribution in [0.4, 0.5) is 0 Å². The number of ether oxygens (including phenoxy) is 1. The Morgan fingerprint density at radius 3 is 2.71 bits per heavy atom. The molecule has 2 aliphatic carbocycles. The van der Waals surface area contributed by atoms with Gasteiger partial charge in [0, 0.05) is 17.1 Å². The number of hydrogen-bond donors (Lipinski definition) is 1. The average Bonchev–Trinajstić information content (AvgIpc) is 3.46. The minimum atomic E-state index is -0.617. The van der Waals surface area contributed by atoms with Gasteiger partial charge in [-0.3, -0.25) is 9.69 Å². The van der Waals surface area contributed by atoms with E-state index in [9.17, 15) is 9.90 Å². The van der Waals surface area contributed by atoms with E-state index in [-0.39, 0.29) is 11.3 Å². The number of aliphatic carboxylic acids is 1. The van der Waals surface area contributed by atoms with Gasteiger partial charge in [-0.1, -0.05) is 11.6 Å². The van der Waals surface area contributed by atoms with Gasteiger partial charge in [-0.25, -0.2) is 0 Å². The number of rotatable bonds is 6. The molecule has 0 amide bonds. The summed E-state index contributed by atoms with van der Waals surface area (Å²) in [7, 11) is 0. The van der Waals surface area contributed by atoms with E-state index in [1.54, 1.807) is 0 Å². The Morgan fingerprint density at radius 2 is 2.08 bits per heavy atom. The van der Waals surface area contributed by atoms with Crippen LogP contribution < -0.4 is 4.74 Å². The third-order valence-electron chi connectivity index (χ3n) is 5.93. The second-order valence-electron chi connectivity index (χ2n) is 7.74. The number of nitrogens with zero attached hydrogens (tertiary/aromatic N) is 1. The van der Waals surface area contributed by atoms with Crippen LogP contribution in [-0.2, 0) is 11.3 Å². The molecule has 130 valence electrons. The van der Waals surface area contributed by atoms with Crippen molar-refractivity contribution in [2.45, 2.75) is 38.6 Å². The molecule has 0 radical (unpaired) electrons.